The molecule has 0 bridgehead atoms. The molecule has 0 saturated carbocycles. The first-order valence-electron chi connectivity index (χ1n) is 4.07. The molecule has 0 aromatic carbocycles. The van der Waals surface area contributed by atoms with Crippen LogP contribution in [0.15, 0.2) is 29.6 Å². The van der Waals surface area contributed by atoms with Gasteiger partial charge in [0.1, 0.15) is 5.03 Å². The largest absolute Gasteiger partial charge is 0.256 e. The molecule has 2 aromatic rings. The minimum Gasteiger partial charge on any atom is -0.256 e. The van der Waals surface area contributed by atoms with Gasteiger partial charge in [-0.15, -0.1) is 11.8 Å². The summed E-state index contributed by atoms with van der Waals surface area (Å²) in [6.45, 7) is 2.03. The first-order valence-corrected chi connectivity index (χ1v) is 5.29. The molecule has 0 saturated heterocycles. The SMILES string of the molecule is CSc1ncc(C)c2ncccc12. The minimum absolute atomic E-state index is 1.05. The van der Waals surface area contributed by atoms with E-state index in [0.717, 1.165) is 21.5 Å². The van der Waals surface area contributed by atoms with Gasteiger partial charge in [-0.1, -0.05) is 0 Å². The molecular formula is C10H10N2S. The molecule has 13 heavy (non-hydrogen) atoms. The fraction of sp³-hybridized carbons (Fsp3) is 0.200. The van der Waals surface area contributed by atoms with E-state index < -0.39 is 0 Å². The summed E-state index contributed by atoms with van der Waals surface area (Å²) in [5.41, 5.74) is 2.19. The van der Waals surface area contributed by atoms with E-state index in [2.05, 4.69) is 16.0 Å². The van der Waals surface area contributed by atoms with Gasteiger partial charge in [-0.3, -0.25) is 4.98 Å². The molecule has 0 aliphatic heterocycles. The van der Waals surface area contributed by atoms with Gasteiger partial charge in [-0.25, -0.2) is 4.98 Å². The van der Waals surface area contributed by atoms with Crippen molar-refractivity contribution in [2.45, 2.75) is 11.9 Å². The number of aryl methyl sites for hydroxylation is 1. The van der Waals surface area contributed by atoms with Crippen molar-refractivity contribution in [3.8, 4) is 0 Å². The molecule has 0 unspecified atom stereocenters. The van der Waals surface area contributed by atoms with E-state index in [1.807, 2.05) is 31.6 Å². The Morgan fingerprint density at radius 1 is 1.31 bits per heavy atom. The molecule has 0 aliphatic carbocycles. The number of fused-ring (bicyclic) bond motifs is 1. The van der Waals surface area contributed by atoms with E-state index in [-0.39, 0.29) is 0 Å². The third kappa shape index (κ3) is 1.40. The van der Waals surface area contributed by atoms with E-state index in [1.54, 1.807) is 11.8 Å². The van der Waals surface area contributed by atoms with Crippen molar-refractivity contribution in [1.29, 1.82) is 0 Å². The molecule has 0 radical (unpaired) electrons. The zero-order valence-corrected chi connectivity index (χ0v) is 8.43. The number of thioether (sulfide) groups is 1. The van der Waals surface area contributed by atoms with Gasteiger partial charge in [0.2, 0.25) is 0 Å². The lowest BCUT2D eigenvalue weighted by Crippen LogP contribution is -1.88. The maximum absolute atomic E-state index is 4.35. The van der Waals surface area contributed by atoms with E-state index in [4.69, 9.17) is 0 Å². The zero-order chi connectivity index (χ0) is 9.26. The van der Waals surface area contributed by atoms with Crippen molar-refractivity contribution >= 4 is 22.7 Å². The van der Waals surface area contributed by atoms with Crippen LogP contribution < -0.4 is 0 Å². The number of hydrogen-bond acceptors (Lipinski definition) is 3. The summed E-state index contributed by atoms with van der Waals surface area (Å²) in [4.78, 5) is 8.68. The Balaban J connectivity index is 2.84. The summed E-state index contributed by atoms with van der Waals surface area (Å²) < 4.78 is 0. The van der Waals surface area contributed by atoms with Crippen LogP contribution in [0.5, 0.6) is 0 Å². The molecule has 0 amide bonds. The van der Waals surface area contributed by atoms with Crippen molar-refractivity contribution < 1.29 is 0 Å². The molecular weight excluding hydrogens is 180 g/mol. The van der Waals surface area contributed by atoms with Gasteiger partial charge in [-0.05, 0) is 30.9 Å². The minimum atomic E-state index is 1.05. The predicted molar refractivity (Wildman–Crippen MR) is 56.1 cm³/mol. The summed E-state index contributed by atoms with van der Waals surface area (Å²) in [7, 11) is 0. The smallest absolute Gasteiger partial charge is 0.105 e. The van der Waals surface area contributed by atoms with Crippen LogP contribution in [0.1, 0.15) is 5.56 Å². The quantitative estimate of drug-likeness (QED) is 0.646. The predicted octanol–water partition coefficient (Wildman–Crippen LogP) is 2.66. The zero-order valence-electron chi connectivity index (χ0n) is 7.61. The monoisotopic (exact) mass is 190 g/mol. The van der Waals surface area contributed by atoms with Crippen molar-refractivity contribution in [2.75, 3.05) is 6.26 Å². The molecule has 2 rings (SSSR count). The highest BCUT2D eigenvalue weighted by molar-refractivity contribution is 7.98. The third-order valence-corrected chi connectivity index (χ3v) is 2.69. The van der Waals surface area contributed by atoms with E-state index in [0.29, 0.717) is 0 Å². The normalized spacial score (nSPS) is 10.6. The third-order valence-electron chi connectivity index (χ3n) is 1.98. The average Bonchev–Trinajstić information content (AvgIpc) is 2.19. The molecule has 2 heterocycles. The van der Waals surface area contributed by atoms with Crippen molar-refractivity contribution in [1.82, 2.24) is 9.97 Å². The van der Waals surface area contributed by atoms with E-state index >= 15 is 0 Å². The van der Waals surface area contributed by atoms with Crippen LogP contribution in [-0.2, 0) is 0 Å². The maximum atomic E-state index is 4.35. The molecule has 0 N–H and O–H groups in total. The fourth-order valence-corrected chi connectivity index (χ4v) is 1.88. The summed E-state index contributed by atoms with van der Waals surface area (Å²) in [5, 5.41) is 2.20. The Bertz CT molecular complexity index is 440. The van der Waals surface area contributed by atoms with Gasteiger partial charge in [0, 0.05) is 17.8 Å². The second kappa shape index (κ2) is 3.34. The van der Waals surface area contributed by atoms with Crippen LogP contribution in [0, 0.1) is 6.92 Å². The molecule has 3 heteroatoms. The van der Waals surface area contributed by atoms with Crippen molar-refractivity contribution in [3.63, 3.8) is 0 Å². The standard InChI is InChI=1S/C10H10N2S/c1-7-6-12-10(13-2)8-4-3-5-11-9(7)8/h3-6H,1-2H3. The second-order valence-corrected chi connectivity index (χ2v) is 3.65. The topological polar surface area (TPSA) is 25.8 Å². The number of hydrogen-bond donors (Lipinski definition) is 0. The summed E-state index contributed by atoms with van der Waals surface area (Å²) in [6.07, 6.45) is 5.73. The van der Waals surface area contributed by atoms with Gasteiger partial charge in [0.25, 0.3) is 0 Å². The van der Waals surface area contributed by atoms with Crippen LogP contribution in [0.25, 0.3) is 10.9 Å². The molecule has 0 aliphatic rings. The lowest BCUT2D eigenvalue weighted by atomic mass is 10.2. The Morgan fingerprint density at radius 2 is 2.15 bits per heavy atom. The van der Waals surface area contributed by atoms with Crippen LogP contribution in [0.3, 0.4) is 0 Å². The fourth-order valence-electron chi connectivity index (χ4n) is 1.34. The molecule has 0 fully saturated rings. The maximum Gasteiger partial charge on any atom is 0.105 e. The van der Waals surface area contributed by atoms with Crippen LogP contribution in [0.2, 0.25) is 0 Å². The highest BCUT2D eigenvalue weighted by Crippen LogP contribution is 2.24. The Kier molecular flexibility index (Phi) is 2.19. The summed E-state index contributed by atoms with van der Waals surface area (Å²) in [5.74, 6) is 0. The van der Waals surface area contributed by atoms with Gasteiger partial charge >= 0.3 is 0 Å². The first-order chi connectivity index (χ1) is 6.33. The van der Waals surface area contributed by atoms with Gasteiger partial charge < -0.3 is 0 Å². The van der Waals surface area contributed by atoms with Gasteiger partial charge in [-0.2, -0.15) is 0 Å². The highest BCUT2D eigenvalue weighted by Gasteiger charge is 2.03. The van der Waals surface area contributed by atoms with Crippen molar-refractivity contribution in [3.05, 3.63) is 30.1 Å². The summed E-state index contributed by atoms with van der Waals surface area (Å²) in [6, 6.07) is 4.01. The number of aromatic nitrogens is 2. The number of pyridine rings is 2. The lowest BCUT2D eigenvalue weighted by Gasteiger charge is -2.03. The molecule has 2 aromatic heterocycles. The Morgan fingerprint density at radius 3 is 2.92 bits per heavy atom. The van der Waals surface area contributed by atoms with Crippen LogP contribution in [-0.4, -0.2) is 16.2 Å². The number of nitrogens with zero attached hydrogens (tertiary/aromatic N) is 2. The first kappa shape index (κ1) is 8.51. The van der Waals surface area contributed by atoms with Crippen molar-refractivity contribution in [2.24, 2.45) is 0 Å². The number of rotatable bonds is 1. The Hall–Kier alpha value is -1.09. The van der Waals surface area contributed by atoms with Crippen LogP contribution in [0.4, 0.5) is 0 Å². The molecule has 66 valence electrons. The molecule has 2 nitrogen and oxygen atoms in total. The summed E-state index contributed by atoms with van der Waals surface area (Å²) >= 11 is 1.66. The van der Waals surface area contributed by atoms with E-state index in [9.17, 15) is 0 Å². The van der Waals surface area contributed by atoms with Gasteiger partial charge in [0.05, 0.1) is 5.52 Å². The van der Waals surface area contributed by atoms with Crippen LogP contribution >= 0.6 is 11.8 Å². The Labute approximate surface area is 81.4 Å². The lowest BCUT2D eigenvalue weighted by molar-refractivity contribution is 1.14. The average molecular weight is 190 g/mol. The van der Waals surface area contributed by atoms with Gasteiger partial charge in [0.15, 0.2) is 0 Å². The molecule has 0 spiro atoms. The van der Waals surface area contributed by atoms with E-state index in [1.165, 1.54) is 0 Å². The highest BCUT2D eigenvalue weighted by atomic mass is 32.2. The second-order valence-electron chi connectivity index (χ2n) is 2.85. The molecule has 0 atom stereocenters.